The van der Waals surface area contributed by atoms with Gasteiger partial charge in [0.2, 0.25) is 0 Å². The average molecular weight is 377 g/mol. The number of nitrogens with zero attached hydrogens (tertiary/aromatic N) is 3. The Morgan fingerprint density at radius 2 is 1.79 bits per heavy atom. The first-order valence-electron chi connectivity index (χ1n) is 9.20. The zero-order valence-electron chi connectivity index (χ0n) is 15.4. The molecular weight excluding hydrogens is 357 g/mol. The molecule has 0 radical (unpaired) electrons. The van der Waals surface area contributed by atoms with Gasteiger partial charge in [-0.15, -0.1) is 0 Å². The summed E-state index contributed by atoms with van der Waals surface area (Å²) >= 11 is 0. The van der Waals surface area contributed by atoms with Crippen LogP contribution in [0, 0.1) is 5.82 Å². The maximum absolute atomic E-state index is 13.1. The summed E-state index contributed by atoms with van der Waals surface area (Å²) in [6.07, 6.45) is 1.88. The van der Waals surface area contributed by atoms with E-state index in [9.17, 15) is 9.18 Å². The molecule has 0 aliphatic carbocycles. The van der Waals surface area contributed by atoms with Gasteiger partial charge < -0.3 is 15.6 Å². The third-order valence-electron chi connectivity index (χ3n) is 4.66. The smallest absolute Gasteiger partial charge is 0.256 e. The Balaban J connectivity index is 1.83. The van der Waals surface area contributed by atoms with Crippen LogP contribution >= 0.6 is 0 Å². The Morgan fingerprint density at radius 3 is 2.46 bits per heavy atom. The highest BCUT2D eigenvalue weighted by Crippen LogP contribution is 2.32. The summed E-state index contributed by atoms with van der Waals surface area (Å²) in [5.41, 5.74) is 9.78. The van der Waals surface area contributed by atoms with Gasteiger partial charge in [0.25, 0.3) is 5.91 Å². The normalized spacial score (nSPS) is 11.2. The molecule has 0 spiro atoms. The predicted octanol–water partition coefficient (Wildman–Crippen LogP) is 4.36. The molecule has 6 nitrogen and oxygen atoms in total. The van der Waals surface area contributed by atoms with E-state index in [1.807, 2.05) is 28.8 Å². The van der Waals surface area contributed by atoms with Crippen molar-refractivity contribution in [2.75, 3.05) is 11.1 Å². The number of para-hydroxylation sites is 2. The van der Waals surface area contributed by atoms with Crippen molar-refractivity contribution in [2.45, 2.75) is 26.3 Å². The number of aromatic nitrogens is 3. The largest absolute Gasteiger partial charge is 0.394 e. The molecule has 28 heavy (non-hydrogen) atoms. The monoisotopic (exact) mass is 377 g/mol. The Hall–Kier alpha value is -3.48. The topological polar surface area (TPSA) is 85.8 Å². The number of halogens is 1. The third kappa shape index (κ3) is 3.15. The molecule has 142 valence electrons. The van der Waals surface area contributed by atoms with Gasteiger partial charge in [0.1, 0.15) is 22.8 Å². The molecule has 0 aliphatic heterocycles. The summed E-state index contributed by atoms with van der Waals surface area (Å²) in [5.74, 6) is -0.293. The van der Waals surface area contributed by atoms with Crippen LogP contribution in [0.4, 0.5) is 15.9 Å². The number of rotatable bonds is 5. The van der Waals surface area contributed by atoms with E-state index in [0.29, 0.717) is 34.8 Å². The maximum atomic E-state index is 13.1. The fourth-order valence-electron chi connectivity index (χ4n) is 3.17. The van der Waals surface area contributed by atoms with Gasteiger partial charge in [0.15, 0.2) is 5.65 Å². The molecule has 0 atom stereocenters. The predicted molar refractivity (Wildman–Crippen MR) is 109 cm³/mol. The van der Waals surface area contributed by atoms with Crippen molar-refractivity contribution >= 4 is 39.6 Å². The SMILES string of the molecule is CCCCn1c(NC(=O)c2ccc(F)cc2)c(N)c2nc3ccccc3nc21. The van der Waals surface area contributed by atoms with Crippen molar-refractivity contribution in [2.24, 2.45) is 0 Å². The summed E-state index contributed by atoms with van der Waals surface area (Å²) in [6, 6.07) is 12.9. The fraction of sp³-hybridized carbons (Fsp3) is 0.190. The van der Waals surface area contributed by atoms with Gasteiger partial charge in [-0.05, 0) is 42.8 Å². The van der Waals surface area contributed by atoms with Crippen LogP contribution in [0.3, 0.4) is 0 Å². The molecule has 2 heterocycles. The molecule has 0 bridgehead atoms. The fourth-order valence-corrected chi connectivity index (χ4v) is 3.17. The van der Waals surface area contributed by atoms with Crippen molar-refractivity contribution in [3.63, 3.8) is 0 Å². The highest BCUT2D eigenvalue weighted by atomic mass is 19.1. The molecule has 2 aromatic carbocycles. The average Bonchev–Trinajstić information content (AvgIpc) is 2.96. The molecule has 0 saturated heterocycles. The number of nitrogens with two attached hydrogens (primary N) is 1. The lowest BCUT2D eigenvalue weighted by Crippen LogP contribution is -2.16. The van der Waals surface area contributed by atoms with Crippen LogP contribution in [0.25, 0.3) is 22.2 Å². The van der Waals surface area contributed by atoms with E-state index in [0.717, 1.165) is 23.9 Å². The number of aryl methyl sites for hydroxylation is 1. The Kier molecular flexibility index (Phi) is 4.65. The van der Waals surface area contributed by atoms with Crippen molar-refractivity contribution in [3.05, 3.63) is 59.9 Å². The number of hydrogen-bond acceptors (Lipinski definition) is 4. The van der Waals surface area contributed by atoms with Gasteiger partial charge in [0, 0.05) is 12.1 Å². The molecule has 0 saturated carbocycles. The molecule has 0 fully saturated rings. The van der Waals surface area contributed by atoms with Gasteiger partial charge in [-0.2, -0.15) is 0 Å². The first kappa shape index (κ1) is 17.9. The zero-order chi connectivity index (χ0) is 19.7. The number of benzene rings is 2. The molecule has 4 aromatic rings. The van der Waals surface area contributed by atoms with Crippen LogP contribution in [0.1, 0.15) is 30.1 Å². The third-order valence-corrected chi connectivity index (χ3v) is 4.66. The number of amides is 1. The lowest BCUT2D eigenvalue weighted by molar-refractivity contribution is 0.102. The minimum absolute atomic E-state index is 0.346. The summed E-state index contributed by atoms with van der Waals surface area (Å²) < 4.78 is 15.0. The minimum Gasteiger partial charge on any atom is -0.394 e. The van der Waals surface area contributed by atoms with Crippen LogP contribution in [0.2, 0.25) is 0 Å². The highest BCUT2D eigenvalue weighted by Gasteiger charge is 2.20. The van der Waals surface area contributed by atoms with Crippen molar-refractivity contribution in [1.82, 2.24) is 14.5 Å². The summed E-state index contributed by atoms with van der Waals surface area (Å²) in [7, 11) is 0. The van der Waals surface area contributed by atoms with E-state index in [-0.39, 0.29) is 5.91 Å². The molecule has 1 amide bonds. The summed E-state index contributed by atoms with van der Waals surface area (Å²) in [6.45, 7) is 2.74. The van der Waals surface area contributed by atoms with Crippen molar-refractivity contribution in [3.8, 4) is 0 Å². The Morgan fingerprint density at radius 1 is 1.11 bits per heavy atom. The van der Waals surface area contributed by atoms with Gasteiger partial charge in [-0.1, -0.05) is 25.5 Å². The lowest BCUT2D eigenvalue weighted by Gasteiger charge is -2.11. The molecular formula is C21H20FN5O. The first-order valence-corrected chi connectivity index (χ1v) is 9.20. The molecule has 0 unspecified atom stereocenters. The molecule has 2 aromatic heterocycles. The second kappa shape index (κ2) is 7.26. The highest BCUT2D eigenvalue weighted by molar-refractivity contribution is 6.09. The van der Waals surface area contributed by atoms with E-state index in [2.05, 4.69) is 17.2 Å². The van der Waals surface area contributed by atoms with Crippen LogP contribution in [0.5, 0.6) is 0 Å². The Bertz CT molecular complexity index is 1170. The second-order valence-electron chi connectivity index (χ2n) is 6.61. The number of nitrogens with one attached hydrogen (secondary N) is 1. The number of carbonyl (C=O) groups excluding carboxylic acids is 1. The van der Waals surface area contributed by atoms with E-state index < -0.39 is 5.82 Å². The van der Waals surface area contributed by atoms with Crippen LogP contribution in [0.15, 0.2) is 48.5 Å². The van der Waals surface area contributed by atoms with E-state index >= 15 is 0 Å². The molecule has 4 rings (SSSR count). The number of anilines is 2. The van der Waals surface area contributed by atoms with Crippen LogP contribution in [-0.4, -0.2) is 20.4 Å². The summed E-state index contributed by atoms with van der Waals surface area (Å²) in [5, 5.41) is 2.86. The molecule has 3 N–H and O–H groups in total. The standard InChI is InChI=1S/C21H20FN5O/c1-2-3-12-27-19(26-21(28)13-8-10-14(22)11-9-13)17(23)18-20(27)25-16-7-5-4-6-15(16)24-18/h4-11H,2-3,12,23H2,1H3,(H,26,28). The molecule has 0 aliphatic rings. The van der Waals surface area contributed by atoms with Gasteiger partial charge in [0.05, 0.1) is 11.0 Å². The van der Waals surface area contributed by atoms with E-state index in [4.69, 9.17) is 10.7 Å². The van der Waals surface area contributed by atoms with E-state index in [1.165, 1.54) is 24.3 Å². The number of carbonyl (C=O) groups is 1. The number of fused-ring (bicyclic) bond motifs is 2. The first-order chi connectivity index (χ1) is 13.6. The summed E-state index contributed by atoms with van der Waals surface area (Å²) in [4.78, 5) is 22.0. The zero-order valence-corrected chi connectivity index (χ0v) is 15.4. The molecule has 7 heteroatoms. The van der Waals surface area contributed by atoms with Crippen molar-refractivity contribution < 1.29 is 9.18 Å². The second-order valence-corrected chi connectivity index (χ2v) is 6.61. The van der Waals surface area contributed by atoms with Gasteiger partial charge in [-0.25, -0.2) is 14.4 Å². The minimum atomic E-state index is -0.395. The quantitative estimate of drug-likeness (QED) is 0.541. The van der Waals surface area contributed by atoms with Crippen molar-refractivity contribution in [1.29, 1.82) is 0 Å². The van der Waals surface area contributed by atoms with Gasteiger partial charge in [-0.3, -0.25) is 4.79 Å². The number of hydrogen-bond donors (Lipinski definition) is 2. The number of unbranched alkanes of at least 4 members (excludes halogenated alkanes) is 1. The van der Waals surface area contributed by atoms with Crippen LogP contribution in [-0.2, 0) is 6.54 Å². The Labute approximate surface area is 161 Å². The maximum Gasteiger partial charge on any atom is 0.256 e. The van der Waals surface area contributed by atoms with Gasteiger partial charge >= 0.3 is 0 Å². The van der Waals surface area contributed by atoms with Crippen LogP contribution < -0.4 is 11.1 Å². The van der Waals surface area contributed by atoms with E-state index in [1.54, 1.807) is 0 Å². The lowest BCUT2D eigenvalue weighted by atomic mass is 10.2. The number of nitrogen functional groups attached to an aromatic ring is 1.